The van der Waals surface area contributed by atoms with Crippen molar-refractivity contribution in [2.24, 2.45) is 0 Å². The van der Waals surface area contributed by atoms with Crippen LogP contribution in [0.15, 0.2) is 47.6 Å². The van der Waals surface area contributed by atoms with E-state index < -0.39 is 20.9 Å². The van der Waals surface area contributed by atoms with E-state index in [-0.39, 0.29) is 6.54 Å². The van der Waals surface area contributed by atoms with Crippen LogP contribution in [0.25, 0.3) is 0 Å². The third kappa shape index (κ3) is 3.77. The van der Waals surface area contributed by atoms with E-state index in [1.54, 1.807) is 13.2 Å². The lowest BCUT2D eigenvalue weighted by Gasteiger charge is -2.09. The molecule has 7 heteroatoms. The van der Waals surface area contributed by atoms with Gasteiger partial charge in [0.15, 0.2) is 5.82 Å². The van der Waals surface area contributed by atoms with Gasteiger partial charge in [0, 0.05) is 12.7 Å². The summed E-state index contributed by atoms with van der Waals surface area (Å²) in [5, 5.41) is -0.593. The Balaban J connectivity index is 2.05. The Bertz CT molecular complexity index is 720. The van der Waals surface area contributed by atoms with Crippen molar-refractivity contribution >= 4 is 10.0 Å². The molecule has 1 aromatic carbocycles. The Morgan fingerprint density at radius 2 is 2.00 bits per heavy atom. The van der Waals surface area contributed by atoms with Gasteiger partial charge in [-0.25, -0.2) is 22.5 Å². The maximum Gasteiger partial charge on any atom is 0.261 e. The lowest BCUT2D eigenvalue weighted by atomic mass is 10.1. The van der Waals surface area contributed by atoms with Crippen LogP contribution in [-0.2, 0) is 16.4 Å². The van der Waals surface area contributed by atoms with Crippen molar-refractivity contribution in [1.82, 2.24) is 9.71 Å². The van der Waals surface area contributed by atoms with E-state index in [1.807, 2.05) is 18.2 Å². The van der Waals surface area contributed by atoms with Gasteiger partial charge in [0.1, 0.15) is 5.75 Å². The summed E-state index contributed by atoms with van der Waals surface area (Å²) in [4.78, 5) is 3.56. The molecule has 0 aliphatic rings. The molecule has 0 aliphatic heterocycles. The minimum absolute atomic E-state index is 0.124. The molecule has 0 atom stereocenters. The second-order valence-electron chi connectivity index (χ2n) is 4.25. The molecule has 0 saturated carbocycles. The van der Waals surface area contributed by atoms with E-state index in [9.17, 15) is 12.8 Å². The smallest absolute Gasteiger partial charge is 0.261 e. The first-order valence-corrected chi connectivity index (χ1v) is 7.75. The van der Waals surface area contributed by atoms with E-state index in [1.165, 1.54) is 12.3 Å². The van der Waals surface area contributed by atoms with Gasteiger partial charge >= 0.3 is 0 Å². The Morgan fingerprint density at radius 1 is 1.24 bits per heavy atom. The summed E-state index contributed by atoms with van der Waals surface area (Å²) >= 11 is 0. The monoisotopic (exact) mass is 310 g/mol. The molecule has 1 N–H and O–H groups in total. The van der Waals surface area contributed by atoms with Crippen LogP contribution in [0.1, 0.15) is 5.56 Å². The Morgan fingerprint density at radius 3 is 2.71 bits per heavy atom. The minimum Gasteiger partial charge on any atom is -0.496 e. The van der Waals surface area contributed by atoms with Crippen molar-refractivity contribution < 1.29 is 17.5 Å². The first-order chi connectivity index (χ1) is 10.0. The molecule has 2 aromatic rings. The van der Waals surface area contributed by atoms with Crippen LogP contribution >= 0.6 is 0 Å². The van der Waals surface area contributed by atoms with Crippen LogP contribution < -0.4 is 9.46 Å². The number of ether oxygens (including phenoxy) is 1. The van der Waals surface area contributed by atoms with Gasteiger partial charge in [-0.15, -0.1) is 0 Å². The van der Waals surface area contributed by atoms with Crippen LogP contribution in [0.5, 0.6) is 5.75 Å². The van der Waals surface area contributed by atoms with Crippen molar-refractivity contribution in [1.29, 1.82) is 0 Å². The summed E-state index contributed by atoms with van der Waals surface area (Å²) in [6.45, 7) is 0.124. The molecular weight excluding hydrogens is 295 g/mol. The average molecular weight is 310 g/mol. The van der Waals surface area contributed by atoms with E-state index in [2.05, 4.69) is 9.71 Å². The van der Waals surface area contributed by atoms with Gasteiger partial charge in [0.05, 0.1) is 7.11 Å². The predicted molar refractivity (Wildman–Crippen MR) is 76.1 cm³/mol. The third-order valence-electron chi connectivity index (χ3n) is 2.86. The fourth-order valence-electron chi connectivity index (χ4n) is 1.87. The second-order valence-corrected chi connectivity index (χ2v) is 5.93. The van der Waals surface area contributed by atoms with Gasteiger partial charge in [0.2, 0.25) is 5.03 Å². The van der Waals surface area contributed by atoms with Gasteiger partial charge in [-0.2, -0.15) is 0 Å². The van der Waals surface area contributed by atoms with Crippen molar-refractivity contribution in [2.75, 3.05) is 13.7 Å². The number of rotatable bonds is 6. The fourth-order valence-corrected chi connectivity index (χ4v) is 2.90. The van der Waals surface area contributed by atoms with Crippen molar-refractivity contribution in [3.8, 4) is 5.75 Å². The quantitative estimate of drug-likeness (QED) is 0.882. The van der Waals surface area contributed by atoms with Crippen LogP contribution in [0.3, 0.4) is 0 Å². The van der Waals surface area contributed by atoms with E-state index >= 15 is 0 Å². The molecular formula is C14H15FN2O3S. The van der Waals surface area contributed by atoms with Crippen LogP contribution in [0.2, 0.25) is 0 Å². The zero-order valence-electron chi connectivity index (χ0n) is 11.4. The Hall–Kier alpha value is -1.99. The number of nitrogens with one attached hydrogen (secondary N) is 1. The van der Waals surface area contributed by atoms with E-state index in [0.717, 1.165) is 11.6 Å². The molecule has 21 heavy (non-hydrogen) atoms. The molecule has 2 rings (SSSR count). The number of pyridine rings is 1. The largest absolute Gasteiger partial charge is 0.496 e. The SMILES string of the molecule is COc1ccccc1CCNS(=O)(=O)c1ncccc1F. The molecule has 1 heterocycles. The molecule has 5 nitrogen and oxygen atoms in total. The van der Waals surface area contributed by atoms with Gasteiger partial charge < -0.3 is 4.74 Å². The summed E-state index contributed by atoms with van der Waals surface area (Å²) in [6, 6.07) is 9.70. The summed E-state index contributed by atoms with van der Waals surface area (Å²) in [6.07, 6.45) is 1.66. The van der Waals surface area contributed by atoms with Crippen LogP contribution in [-0.4, -0.2) is 27.1 Å². The molecule has 1 aromatic heterocycles. The Kier molecular flexibility index (Phi) is 4.87. The van der Waals surface area contributed by atoms with Gasteiger partial charge in [-0.3, -0.25) is 0 Å². The predicted octanol–water partition coefficient (Wildman–Crippen LogP) is 1.75. The maximum atomic E-state index is 13.5. The standard InChI is InChI=1S/C14H15FN2O3S/c1-20-13-7-3-2-5-11(13)8-10-17-21(18,19)14-12(15)6-4-9-16-14/h2-7,9,17H,8,10H2,1H3. The van der Waals surface area contributed by atoms with Crippen molar-refractivity contribution in [3.63, 3.8) is 0 Å². The highest BCUT2D eigenvalue weighted by Crippen LogP contribution is 2.17. The molecule has 112 valence electrons. The van der Waals surface area contributed by atoms with Crippen LogP contribution in [0, 0.1) is 5.82 Å². The number of sulfonamides is 1. The van der Waals surface area contributed by atoms with Gasteiger partial charge in [-0.1, -0.05) is 18.2 Å². The molecule has 0 unspecified atom stereocenters. The normalized spacial score (nSPS) is 11.3. The maximum absolute atomic E-state index is 13.5. The molecule has 0 saturated heterocycles. The highest BCUT2D eigenvalue weighted by atomic mass is 32.2. The molecule has 0 aliphatic carbocycles. The second kappa shape index (κ2) is 6.64. The number of hydrogen-bond acceptors (Lipinski definition) is 4. The highest BCUT2D eigenvalue weighted by Gasteiger charge is 2.19. The summed E-state index contributed by atoms with van der Waals surface area (Å²) in [5.41, 5.74) is 0.865. The number of nitrogens with zero attached hydrogens (tertiary/aromatic N) is 1. The number of hydrogen-bond donors (Lipinski definition) is 1. The summed E-state index contributed by atoms with van der Waals surface area (Å²) in [7, 11) is -2.41. The van der Waals surface area contributed by atoms with Crippen molar-refractivity contribution in [2.45, 2.75) is 11.4 Å². The average Bonchev–Trinajstić information content (AvgIpc) is 2.48. The van der Waals surface area contributed by atoms with E-state index in [4.69, 9.17) is 4.74 Å². The molecule has 0 amide bonds. The van der Waals surface area contributed by atoms with Crippen LogP contribution in [0.4, 0.5) is 4.39 Å². The molecule has 0 bridgehead atoms. The van der Waals surface area contributed by atoms with E-state index in [0.29, 0.717) is 12.2 Å². The first-order valence-electron chi connectivity index (χ1n) is 6.26. The number of aromatic nitrogens is 1. The zero-order chi connectivity index (χ0) is 15.3. The number of halogens is 1. The topological polar surface area (TPSA) is 68.3 Å². The fraction of sp³-hybridized carbons (Fsp3) is 0.214. The third-order valence-corrected chi connectivity index (χ3v) is 4.25. The number of methoxy groups -OCH3 is 1. The van der Waals surface area contributed by atoms with Gasteiger partial charge in [0.25, 0.3) is 10.0 Å². The molecule has 0 radical (unpaired) electrons. The summed E-state index contributed by atoms with van der Waals surface area (Å²) in [5.74, 6) is -0.192. The van der Waals surface area contributed by atoms with Crippen molar-refractivity contribution in [3.05, 3.63) is 54.0 Å². The molecule has 0 fully saturated rings. The van der Waals surface area contributed by atoms with Gasteiger partial charge in [-0.05, 0) is 30.2 Å². The Labute approximate surface area is 122 Å². The lowest BCUT2D eigenvalue weighted by Crippen LogP contribution is -2.27. The first kappa shape index (κ1) is 15.4. The zero-order valence-corrected chi connectivity index (χ0v) is 12.2. The lowest BCUT2D eigenvalue weighted by molar-refractivity contribution is 0.409. The minimum atomic E-state index is -3.96. The highest BCUT2D eigenvalue weighted by molar-refractivity contribution is 7.89. The summed E-state index contributed by atoms with van der Waals surface area (Å²) < 4.78 is 44.9. The number of para-hydroxylation sites is 1. The number of benzene rings is 1. The molecule has 0 spiro atoms.